The number of ether oxygens (including phenoxy) is 3. The average Bonchev–Trinajstić information content (AvgIpc) is 3.14. The van der Waals surface area contributed by atoms with E-state index in [2.05, 4.69) is 5.32 Å². The van der Waals surface area contributed by atoms with Gasteiger partial charge in [0.25, 0.3) is 0 Å². The third-order valence-electron chi connectivity index (χ3n) is 8.69. The fourth-order valence-electron chi connectivity index (χ4n) is 6.73. The number of aliphatic hydroxyl groups is 1. The summed E-state index contributed by atoms with van der Waals surface area (Å²) in [5.74, 6) is 0.599. The lowest BCUT2D eigenvalue weighted by Crippen LogP contribution is -2.55. The molecule has 0 spiro atoms. The Morgan fingerprint density at radius 1 is 1.26 bits per heavy atom. The molecule has 3 saturated heterocycles. The third kappa shape index (κ3) is 5.20. The molecular weight excluding hydrogens is 436 g/mol. The zero-order valence-corrected chi connectivity index (χ0v) is 20.9. The second-order valence-electron chi connectivity index (χ2n) is 11.3. The van der Waals surface area contributed by atoms with Gasteiger partial charge in [-0.25, -0.2) is 4.79 Å². The molecule has 0 radical (unpaired) electrons. The molecule has 3 aliphatic heterocycles. The van der Waals surface area contributed by atoms with E-state index in [1.807, 2.05) is 13.8 Å². The van der Waals surface area contributed by atoms with Crippen LogP contribution in [0.4, 0.5) is 0 Å². The fourth-order valence-corrected chi connectivity index (χ4v) is 6.73. The molecule has 7 atom stereocenters. The van der Waals surface area contributed by atoms with Crippen LogP contribution in [0.5, 0.6) is 0 Å². The molecule has 0 aromatic heterocycles. The van der Waals surface area contributed by atoms with Crippen LogP contribution in [0.3, 0.4) is 0 Å². The van der Waals surface area contributed by atoms with E-state index in [4.69, 9.17) is 19.9 Å². The van der Waals surface area contributed by atoms with Crippen molar-refractivity contribution < 1.29 is 28.9 Å². The van der Waals surface area contributed by atoms with Crippen LogP contribution in [-0.4, -0.2) is 59.8 Å². The summed E-state index contributed by atoms with van der Waals surface area (Å²) in [4.78, 5) is 24.9. The number of allylic oxidation sites excluding steroid dienone is 1. The Morgan fingerprint density at radius 3 is 2.76 bits per heavy atom. The van der Waals surface area contributed by atoms with Gasteiger partial charge in [-0.1, -0.05) is 6.08 Å². The van der Waals surface area contributed by atoms with Crippen LogP contribution in [0.25, 0.3) is 0 Å². The van der Waals surface area contributed by atoms with Gasteiger partial charge >= 0.3 is 11.9 Å². The largest absolute Gasteiger partial charge is 0.462 e. The Hall–Kier alpha value is -1.48. The highest BCUT2D eigenvalue weighted by atomic mass is 16.6. The topological polar surface area (TPSA) is 120 Å². The van der Waals surface area contributed by atoms with E-state index in [9.17, 15) is 14.7 Å². The number of aliphatic hydroxyl groups excluding tert-OH is 1. The molecule has 0 bridgehead atoms. The molecule has 0 amide bonds. The lowest BCUT2D eigenvalue weighted by atomic mass is 9.69. The Balaban J connectivity index is 1.57. The van der Waals surface area contributed by atoms with Crippen LogP contribution < -0.4 is 11.1 Å². The molecule has 4 fully saturated rings. The van der Waals surface area contributed by atoms with Crippen LogP contribution >= 0.6 is 0 Å². The van der Waals surface area contributed by atoms with Crippen molar-refractivity contribution in [3.8, 4) is 0 Å². The van der Waals surface area contributed by atoms with Gasteiger partial charge in [0.05, 0.1) is 12.3 Å². The van der Waals surface area contributed by atoms with E-state index in [0.29, 0.717) is 36.2 Å². The molecule has 4 N–H and O–H groups in total. The summed E-state index contributed by atoms with van der Waals surface area (Å²) in [5, 5.41) is 12.7. The Labute approximate surface area is 202 Å². The number of nitrogens with two attached hydrogens (primary N) is 1. The van der Waals surface area contributed by atoms with E-state index >= 15 is 0 Å². The van der Waals surface area contributed by atoms with Crippen LogP contribution in [-0.2, 0) is 23.8 Å². The van der Waals surface area contributed by atoms with E-state index in [0.717, 1.165) is 45.1 Å². The molecule has 0 aromatic rings. The van der Waals surface area contributed by atoms with Gasteiger partial charge in [-0.2, -0.15) is 0 Å². The maximum Gasteiger partial charge on any atom is 0.334 e. The zero-order valence-electron chi connectivity index (χ0n) is 20.9. The first-order chi connectivity index (χ1) is 16.2. The first kappa shape index (κ1) is 25.6. The molecule has 1 saturated carbocycles. The number of piperidine rings is 1. The van der Waals surface area contributed by atoms with Gasteiger partial charge in [0.15, 0.2) is 0 Å². The minimum absolute atomic E-state index is 0.0147. The fraction of sp³-hybridized carbons (Fsp3) is 0.846. The predicted octanol–water partition coefficient (Wildman–Crippen LogP) is 2.57. The number of carbonyl (C=O) groups excluding carboxylic acids is 2. The van der Waals surface area contributed by atoms with Crippen molar-refractivity contribution in [2.24, 2.45) is 23.5 Å². The van der Waals surface area contributed by atoms with Crippen molar-refractivity contribution in [1.82, 2.24) is 5.32 Å². The maximum atomic E-state index is 13.0. The molecule has 8 heteroatoms. The van der Waals surface area contributed by atoms with E-state index in [1.165, 1.54) is 0 Å². The van der Waals surface area contributed by atoms with Crippen LogP contribution in [0.2, 0.25) is 0 Å². The molecule has 0 aromatic carbocycles. The Bertz CT molecular complexity index is 798. The number of nitrogens with one attached hydrogen (secondary N) is 1. The summed E-state index contributed by atoms with van der Waals surface area (Å²) < 4.78 is 18.8. The third-order valence-corrected chi connectivity index (χ3v) is 8.69. The summed E-state index contributed by atoms with van der Waals surface area (Å²) in [6, 6.07) is 0. The van der Waals surface area contributed by atoms with Crippen LogP contribution in [0, 0.1) is 17.8 Å². The summed E-state index contributed by atoms with van der Waals surface area (Å²) in [6.45, 7) is 6.48. The summed E-state index contributed by atoms with van der Waals surface area (Å²) in [6.07, 6.45) is 8.38. The number of fused-ring (bicyclic) bond motifs is 2. The molecule has 192 valence electrons. The summed E-state index contributed by atoms with van der Waals surface area (Å²) >= 11 is 0. The van der Waals surface area contributed by atoms with Gasteiger partial charge in [0.2, 0.25) is 0 Å². The average molecular weight is 479 g/mol. The van der Waals surface area contributed by atoms with Gasteiger partial charge in [-0.3, -0.25) is 4.79 Å². The van der Waals surface area contributed by atoms with Crippen molar-refractivity contribution >= 4 is 11.9 Å². The minimum atomic E-state index is -0.873. The number of rotatable bonds is 7. The second-order valence-corrected chi connectivity index (χ2v) is 11.3. The molecule has 1 aliphatic carbocycles. The molecule has 34 heavy (non-hydrogen) atoms. The van der Waals surface area contributed by atoms with Crippen molar-refractivity contribution in [2.45, 2.75) is 108 Å². The van der Waals surface area contributed by atoms with Gasteiger partial charge in [-0.05, 0) is 83.6 Å². The number of hydrogen-bond acceptors (Lipinski definition) is 8. The smallest absolute Gasteiger partial charge is 0.334 e. The molecular formula is C26H42N2O6. The van der Waals surface area contributed by atoms with Crippen molar-refractivity contribution in [3.05, 3.63) is 11.6 Å². The molecule has 4 rings (SSSR count). The SMILES string of the molecule is CC=C(CCO)C(=O)OC(C)(C)[C@@]1(CC2CCNC(N)C2)CC2CC3CCC(=O)OC3CC2O1. The van der Waals surface area contributed by atoms with E-state index < -0.39 is 17.2 Å². The standard InChI is InChI=1S/C26H42N2O6/c1-4-17(8-10-29)24(31)34-25(2,3)26(14-16-7-9-28-22(27)11-16)15-19-12-18-5-6-23(30)32-20(18)13-21(19)33-26/h4,16,18-22,28-29H,5-15,27H2,1-3H3/t16?,18?,19?,20?,21?,22?,26-/m1/s1. The highest BCUT2D eigenvalue weighted by Gasteiger charge is 2.60. The number of carbonyl (C=O) groups is 2. The molecule has 4 aliphatic rings. The van der Waals surface area contributed by atoms with Gasteiger partial charge in [0, 0.05) is 31.4 Å². The van der Waals surface area contributed by atoms with Crippen LogP contribution in [0.15, 0.2) is 11.6 Å². The molecule has 6 unspecified atom stereocenters. The highest BCUT2D eigenvalue weighted by Crippen LogP contribution is 2.54. The predicted molar refractivity (Wildman–Crippen MR) is 126 cm³/mol. The maximum absolute atomic E-state index is 13.0. The lowest BCUT2D eigenvalue weighted by molar-refractivity contribution is -0.206. The Kier molecular flexibility index (Phi) is 7.72. The van der Waals surface area contributed by atoms with Crippen molar-refractivity contribution in [2.75, 3.05) is 13.2 Å². The molecule has 8 nitrogen and oxygen atoms in total. The zero-order chi connectivity index (χ0) is 24.5. The van der Waals surface area contributed by atoms with Crippen molar-refractivity contribution in [3.63, 3.8) is 0 Å². The number of esters is 2. The van der Waals surface area contributed by atoms with Crippen LogP contribution in [0.1, 0.15) is 78.6 Å². The monoisotopic (exact) mass is 478 g/mol. The lowest BCUT2D eigenvalue weighted by Gasteiger charge is -2.46. The normalized spacial score (nSPS) is 38.6. The summed E-state index contributed by atoms with van der Waals surface area (Å²) in [7, 11) is 0. The second kappa shape index (κ2) is 10.2. The van der Waals surface area contributed by atoms with Gasteiger partial charge < -0.3 is 30.4 Å². The minimum Gasteiger partial charge on any atom is -0.462 e. The van der Waals surface area contributed by atoms with E-state index in [-0.39, 0.29) is 37.4 Å². The Morgan fingerprint density at radius 2 is 2.06 bits per heavy atom. The summed E-state index contributed by atoms with van der Waals surface area (Å²) in [5.41, 5.74) is 5.17. The van der Waals surface area contributed by atoms with Gasteiger partial charge in [0.1, 0.15) is 17.3 Å². The van der Waals surface area contributed by atoms with Crippen molar-refractivity contribution in [1.29, 1.82) is 0 Å². The quantitative estimate of drug-likeness (QED) is 0.377. The first-order valence-electron chi connectivity index (χ1n) is 13.0. The number of hydrogen-bond donors (Lipinski definition) is 3. The highest BCUT2D eigenvalue weighted by molar-refractivity contribution is 5.88. The first-order valence-corrected chi connectivity index (χ1v) is 13.0. The van der Waals surface area contributed by atoms with Gasteiger partial charge in [-0.15, -0.1) is 0 Å². The van der Waals surface area contributed by atoms with E-state index in [1.54, 1.807) is 13.0 Å². The molecule has 3 heterocycles.